The van der Waals surface area contributed by atoms with Gasteiger partial charge in [0.15, 0.2) is 0 Å². The second-order valence-corrected chi connectivity index (χ2v) is 6.74. The van der Waals surface area contributed by atoms with E-state index in [4.69, 9.17) is 4.74 Å². The van der Waals surface area contributed by atoms with Gasteiger partial charge in [0.1, 0.15) is 0 Å². The second-order valence-electron chi connectivity index (χ2n) is 6.74. The van der Waals surface area contributed by atoms with Crippen LogP contribution in [0.2, 0.25) is 0 Å². The fourth-order valence-corrected chi connectivity index (χ4v) is 3.91. The van der Waals surface area contributed by atoms with Gasteiger partial charge in [-0.15, -0.1) is 0 Å². The van der Waals surface area contributed by atoms with Crippen LogP contribution in [0, 0.1) is 5.92 Å². The summed E-state index contributed by atoms with van der Waals surface area (Å²) < 4.78 is 5.61. The molecule has 2 fully saturated rings. The van der Waals surface area contributed by atoms with Gasteiger partial charge in [-0.05, 0) is 37.9 Å². The van der Waals surface area contributed by atoms with Gasteiger partial charge in [-0.3, -0.25) is 4.90 Å². The number of nitrogens with zero attached hydrogens (tertiary/aromatic N) is 4. The van der Waals surface area contributed by atoms with Gasteiger partial charge < -0.3 is 9.84 Å². The molecule has 6 heteroatoms. The molecule has 0 amide bonds. The number of ether oxygens (including phenoxy) is 1. The van der Waals surface area contributed by atoms with E-state index in [0.29, 0.717) is 19.3 Å². The first-order chi connectivity index (χ1) is 11.8. The topological polar surface area (TPSA) is 63.4 Å². The maximum Gasteiger partial charge on any atom is 0.0971 e. The van der Waals surface area contributed by atoms with E-state index in [2.05, 4.69) is 15.1 Å². The van der Waals surface area contributed by atoms with Crippen LogP contribution in [0.3, 0.4) is 0 Å². The van der Waals surface area contributed by atoms with E-state index in [0.717, 1.165) is 37.3 Å². The minimum atomic E-state index is -0.246. The number of aliphatic hydroxyl groups excluding tert-OH is 1. The van der Waals surface area contributed by atoms with Crippen molar-refractivity contribution in [1.29, 1.82) is 0 Å². The van der Waals surface area contributed by atoms with Gasteiger partial charge in [-0.25, -0.2) is 0 Å². The van der Waals surface area contributed by atoms with Crippen LogP contribution in [0.25, 0.3) is 5.69 Å². The van der Waals surface area contributed by atoms with Crippen LogP contribution in [0.4, 0.5) is 0 Å². The molecule has 2 aliphatic heterocycles. The van der Waals surface area contributed by atoms with E-state index >= 15 is 0 Å². The van der Waals surface area contributed by atoms with Gasteiger partial charge in [0.2, 0.25) is 0 Å². The van der Waals surface area contributed by atoms with Gasteiger partial charge in [-0.2, -0.15) is 15.0 Å². The van der Waals surface area contributed by atoms with E-state index in [-0.39, 0.29) is 12.0 Å². The quantitative estimate of drug-likeness (QED) is 0.924. The molecule has 128 valence electrons. The van der Waals surface area contributed by atoms with E-state index in [1.165, 1.54) is 6.42 Å². The lowest BCUT2D eigenvalue weighted by Gasteiger charge is -2.36. The van der Waals surface area contributed by atoms with Crippen molar-refractivity contribution in [2.75, 3.05) is 19.8 Å². The molecule has 2 aliphatic rings. The van der Waals surface area contributed by atoms with Crippen LogP contribution in [0.1, 0.15) is 25.0 Å². The smallest absolute Gasteiger partial charge is 0.0971 e. The van der Waals surface area contributed by atoms with Crippen LogP contribution in [-0.2, 0) is 11.3 Å². The number of likely N-dealkylation sites (tertiary alicyclic amines) is 1. The maximum atomic E-state index is 10.3. The molecule has 0 radical (unpaired) electrons. The molecule has 0 aliphatic carbocycles. The Hall–Kier alpha value is -1.76. The summed E-state index contributed by atoms with van der Waals surface area (Å²) >= 11 is 0. The molecule has 2 aromatic rings. The number of hydrogen-bond acceptors (Lipinski definition) is 5. The molecule has 1 aromatic carbocycles. The molecule has 1 N–H and O–H groups in total. The molecule has 1 aromatic heterocycles. The van der Waals surface area contributed by atoms with Crippen molar-refractivity contribution in [3.8, 4) is 5.69 Å². The molecule has 2 saturated heterocycles. The van der Waals surface area contributed by atoms with Crippen LogP contribution in [0.5, 0.6) is 0 Å². The summed E-state index contributed by atoms with van der Waals surface area (Å²) in [4.78, 5) is 4.11. The summed E-state index contributed by atoms with van der Waals surface area (Å²) in [5.41, 5.74) is 1.94. The lowest BCUT2D eigenvalue weighted by Crippen LogP contribution is -2.45. The van der Waals surface area contributed by atoms with Crippen molar-refractivity contribution in [2.45, 2.75) is 38.0 Å². The zero-order valence-electron chi connectivity index (χ0n) is 13.8. The van der Waals surface area contributed by atoms with E-state index in [1.807, 2.05) is 36.5 Å². The van der Waals surface area contributed by atoms with E-state index in [9.17, 15) is 5.11 Å². The second kappa shape index (κ2) is 7.01. The van der Waals surface area contributed by atoms with Gasteiger partial charge in [-0.1, -0.05) is 18.2 Å². The molecule has 3 atom stereocenters. The summed E-state index contributed by atoms with van der Waals surface area (Å²) in [6.45, 7) is 3.17. The van der Waals surface area contributed by atoms with Crippen LogP contribution < -0.4 is 0 Å². The Morgan fingerprint density at radius 1 is 1.21 bits per heavy atom. The molecule has 6 nitrogen and oxygen atoms in total. The summed E-state index contributed by atoms with van der Waals surface area (Å²) in [5, 5.41) is 19.3. The average molecular weight is 328 g/mol. The molecule has 3 heterocycles. The SMILES string of the molecule is O[C@@H]1CCOC[C@H]1[C@@H]1CCCN1Cc1cnn(-c2ccccc2)n1. The standard InChI is InChI=1S/C18H24N4O2/c23-18-8-10-24-13-16(18)17-7-4-9-21(17)12-14-11-19-22(20-14)15-5-2-1-3-6-15/h1-3,5-6,11,16-18,23H,4,7-10,12-13H2/t16-,17-,18+/m0/s1. The number of benzene rings is 1. The maximum absolute atomic E-state index is 10.3. The number of hydrogen-bond donors (Lipinski definition) is 1. The number of aromatic nitrogens is 3. The molecular weight excluding hydrogens is 304 g/mol. The number of rotatable bonds is 4. The van der Waals surface area contributed by atoms with Gasteiger partial charge in [0.25, 0.3) is 0 Å². The van der Waals surface area contributed by atoms with Crippen molar-refractivity contribution >= 4 is 0 Å². The molecule has 0 bridgehead atoms. The first kappa shape index (κ1) is 15.7. The van der Waals surface area contributed by atoms with Gasteiger partial charge >= 0.3 is 0 Å². The predicted octanol–water partition coefficient (Wildman–Crippen LogP) is 1.63. The normalized spacial score (nSPS) is 28.3. The Labute approximate surface area is 142 Å². The van der Waals surface area contributed by atoms with Crippen molar-refractivity contribution in [2.24, 2.45) is 5.92 Å². The van der Waals surface area contributed by atoms with Gasteiger partial charge in [0.05, 0.1) is 30.3 Å². The molecule has 0 saturated carbocycles. The zero-order chi connectivity index (χ0) is 16.4. The summed E-state index contributed by atoms with van der Waals surface area (Å²) in [5.74, 6) is 0.213. The van der Waals surface area contributed by atoms with Crippen molar-refractivity contribution < 1.29 is 9.84 Å². The lowest BCUT2D eigenvalue weighted by atomic mass is 9.89. The average Bonchev–Trinajstić information content (AvgIpc) is 3.26. The Morgan fingerprint density at radius 3 is 2.92 bits per heavy atom. The minimum absolute atomic E-state index is 0.213. The Balaban J connectivity index is 1.45. The monoisotopic (exact) mass is 328 g/mol. The largest absolute Gasteiger partial charge is 0.393 e. The predicted molar refractivity (Wildman–Crippen MR) is 89.7 cm³/mol. The highest BCUT2D eigenvalue weighted by atomic mass is 16.5. The third kappa shape index (κ3) is 3.22. The molecular formula is C18H24N4O2. The number of para-hydroxylation sites is 1. The third-order valence-electron chi connectivity index (χ3n) is 5.16. The van der Waals surface area contributed by atoms with Crippen LogP contribution >= 0.6 is 0 Å². The fraction of sp³-hybridized carbons (Fsp3) is 0.556. The lowest BCUT2D eigenvalue weighted by molar-refractivity contribution is -0.0637. The van der Waals surface area contributed by atoms with Crippen LogP contribution in [-0.4, -0.2) is 56.9 Å². The zero-order valence-corrected chi connectivity index (χ0v) is 13.8. The highest BCUT2D eigenvalue weighted by Crippen LogP contribution is 2.30. The Kier molecular flexibility index (Phi) is 4.60. The van der Waals surface area contributed by atoms with Gasteiger partial charge in [0, 0.05) is 25.1 Å². The van der Waals surface area contributed by atoms with Crippen LogP contribution in [0.15, 0.2) is 36.5 Å². The highest BCUT2D eigenvalue weighted by Gasteiger charge is 2.37. The van der Waals surface area contributed by atoms with Crippen molar-refractivity contribution in [1.82, 2.24) is 19.9 Å². The molecule has 24 heavy (non-hydrogen) atoms. The first-order valence-electron chi connectivity index (χ1n) is 8.78. The highest BCUT2D eigenvalue weighted by molar-refractivity contribution is 5.28. The van der Waals surface area contributed by atoms with E-state index < -0.39 is 0 Å². The van der Waals surface area contributed by atoms with Crippen molar-refractivity contribution in [3.05, 3.63) is 42.2 Å². The fourth-order valence-electron chi connectivity index (χ4n) is 3.91. The van der Waals surface area contributed by atoms with E-state index in [1.54, 1.807) is 4.80 Å². The summed E-state index contributed by atoms with van der Waals surface area (Å²) in [7, 11) is 0. The Morgan fingerprint density at radius 2 is 2.08 bits per heavy atom. The molecule has 0 unspecified atom stereocenters. The first-order valence-corrected chi connectivity index (χ1v) is 8.78. The minimum Gasteiger partial charge on any atom is -0.393 e. The third-order valence-corrected chi connectivity index (χ3v) is 5.16. The Bertz CT molecular complexity index is 660. The summed E-state index contributed by atoms with van der Waals surface area (Å²) in [6, 6.07) is 10.3. The summed E-state index contributed by atoms with van der Waals surface area (Å²) in [6.07, 6.45) is 4.64. The molecule has 0 spiro atoms. The van der Waals surface area contributed by atoms with Crippen molar-refractivity contribution in [3.63, 3.8) is 0 Å². The molecule has 4 rings (SSSR count). The number of aliphatic hydroxyl groups is 1.